The molecule has 2 aromatic carbocycles. The number of tetrazole rings is 1. The SMILES string of the molecule is COc1ccc(C(=O)Nc2ccc(C)c(-n3cnnn3)c2)cc1OC. The van der Waals surface area contributed by atoms with Crippen LogP contribution in [0.3, 0.4) is 0 Å². The third-order valence-electron chi connectivity index (χ3n) is 3.71. The summed E-state index contributed by atoms with van der Waals surface area (Å²) in [6.07, 6.45) is 1.50. The van der Waals surface area contributed by atoms with Crippen molar-refractivity contribution in [1.82, 2.24) is 20.2 Å². The molecule has 0 aliphatic rings. The van der Waals surface area contributed by atoms with E-state index in [1.54, 1.807) is 30.0 Å². The number of rotatable bonds is 5. The van der Waals surface area contributed by atoms with Crippen molar-refractivity contribution in [3.63, 3.8) is 0 Å². The van der Waals surface area contributed by atoms with Gasteiger partial charge in [-0.3, -0.25) is 4.79 Å². The van der Waals surface area contributed by atoms with Crippen LogP contribution in [0.15, 0.2) is 42.7 Å². The van der Waals surface area contributed by atoms with E-state index in [4.69, 9.17) is 9.47 Å². The molecular weight excluding hydrogens is 322 g/mol. The molecule has 0 fully saturated rings. The van der Waals surface area contributed by atoms with E-state index in [1.165, 1.54) is 13.4 Å². The van der Waals surface area contributed by atoms with Gasteiger partial charge < -0.3 is 14.8 Å². The van der Waals surface area contributed by atoms with Gasteiger partial charge in [-0.15, -0.1) is 5.10 Å². The van der Waals surface area contributed by atoms with E-state index in [1.807, 2.05) is 25.1 Å². The van der Waals surface area contributed by atoms with Gasteiger partial charge in [-0.1, -0.05) is 6.07 Å². The second-order valence-electron chi connectivity index (χ2n) is 5.28. The van der Waals surface area contributed by atoms with Gasteiger partial charge in [-0.25, -0.2) is 4.68 Å². The molecule has 3 rings (SSSR count). The standard InChI is InChI=1S/C17H17N5O3/c1-11-4-6-13(9-14(11)22-10-18-20-21-22)19-17(23)12-5-7-15(24-2)16(8-12)25-3/h4-10H,1-3H3,(H,19,23). The predicted octanol–water partition coefficient (Wildman–Crippen LogP) is 2.24. The molecule has 8 heteroatoms. The molecule has 0 unspecified atom stereocenters. The smallest absolute Gasteiger partial charge is 0.255 e. The summed E-state index contributed by atoms with van der Waals surface area (Å²) in [4.78, 5) is 12.5. The number of carbonyl (C=O) groups excluding carboxylic acids is 1. The minimum absolute atomic E-state index is 0.257. The Morgan fingerprint density at radius 2 is 1.88 bits per heavy atom. The molecule has 1 heterocycles. The summed E-state index contributed by atoms with van der Waals surface area (Å²) in [6.45, 7) is 1.94. The van der Waals surface area contributed by atoms with Crippen LogP contribution in [-0.4, -0.2) is 40.3 Å². The van der Waals surface area contributed by atoms with Gasteiger partial charge in [0.1, 0.15) is 6.33 Å². The maximum Gasteiger partial charge on any atom is 0.255 e. The fourth-order valence-corrected chi connectivity index (χ4v) is 2.39. The molecule has 0 aliphatic carbocycles. The minimum Gasteiger partial charge on any atom is -0.493 e. The molecule has 0 radical (unpaired) electrons. The largest absolute Gasteiger partial charge is 0.493 e. The molecule has 1 amide bonds. The van der Waals surface area contributed by atoms with Crippen LogP contribution in [0.2, 0.25) is 0 Å². The normalized spacial score (nSPS) is 10.4. The highest BCUT2D eigenvalue weighted by molar-refractivity contribution is 6.04. The van der Waals surface area contributed by atoms with Crippen LogP contribution in [-0.2, 0) is 0 Å². The highest BCUT2D eigenvalue weighted by Crippen LogP contribution is 2.28. The molecule has 25 heavy (non-hydrogen) atoms. The van der Waals surface area contributed by atoms with Crippen LogP contribution in [0.25, 0.3) is 5.69 Å². The number of hydrogen-bond donors (Lipinski definition) is 1. The zero-order valence-electron chi connectivity index (χ0n) is 14.1. The molecule has 0 saturated heterocycles. The molecule has 1 N–H and O–H groups in total. The van der Waals surface area contributed by atoms with Crippen LogP contribution in [0.4, 0.5) is 5.69 Å². The Kier molecular flexibility index (Phi) is 4.60. The van der Waals surface area contributed by atoms with Crippen molar-refractivity contribution < 1.29 is 14.3 Å². The topological polar surface area (TPSA) is 91.2 Å². The number of ether oxygens (including phenoxy) is 2. The Hall–Kier alpha value is -3.42. The Bertz CT molecular complexity index is 893. The van der Waals surface area contributed by atoms with Gasteiger partial charge in [0.2, 0.25) is 0 Å². The lowest BCUT2D eigenvalue weighted by atomic mass is 10.1. The number of nitrogens with one attached hydrogen (secondary N) is 1. The first-order valence-electron chi connectivity index (χ1n) is 7.49. The third kappa shape index (κ3) is 3.42. The van der Waals surface area contributed by atoms with E-state index in [0.717, 1.165) is 11.3 Å². The average molecular weight is 339 g/mol. The van der Waals surface area contributed by atoms with Gasteiger partial charge in [-0.05, 0) is 53.2 Å². The maximum atomic E-state index is 12.5. The van der Waals surface area contributed by atoms with Crippen LogP contribution < -0.4 is 14.8 Å². The molecule has 8 nitrogen and oxygen atoms in total. The molecular formula is C17H17N5O3. The molecule has 3 aromatic rings. The van der Waals surface area contributed by atoms with E-state index in [2.05, 4.69) is 20.8 Å². The number of aromatic nitrogens is 4. The number of anilines is 1. The van der Waals surface area contributed by atoms with Crippen LogP contribution in [0.5, 0.6) is 11.5 Å². The van der Waals surface area contributed by atoms with Crippen LogP contribution in [0.1, 0.15) is 15.9 Å². The summed E-state index contributed by atoms with van der Waals surface area (Å²) in [6, 6.07) is 10.5. The number of amides is 1. The summed E-state index contributed by atoms with van der Waals surface area (Å²) in [7, 11) is 3.07. The Balaban J connectivity index is 1.85. The van der Waals surface area contributed by atoms with E-state index in [9.17, 15) is 4.79 Å². The average Bonchev–Trinajstić information content (AvgIpc) is 3.17. The van der Waals surface area contributed by atoms with Gasteiger partial charge in [0.25, 0.3) is 5.91 Å². The summed E-state index contributed by atoms with van der Waals surface area (Å²) in [5.41, 5.74) is 2.87. The lowest BCUT2D eigenvalue weighted by Gasteiger charge is -2.11. The second kappa shape index (κ2) is 7.00. The lowest BCUT2D eigenvalue weighted by molar-refractivity contribution is 0.102. The van der Waals surface area contributed by atoms with E-state index in [-0.39, 0.29) is 5.91 Å². The van der Waals surface area contributed by atoms with Crippen molar-refractivity contribution in [2.45, 2.75) is 6.92 Å². The first-order chi connectivity index (χ1) is 12.1. The summed E-state index contributed by atoms with van der Waals surface area (Å²) >= 11 is 0. The Morgan fingerprint density at radius 3 is 2.56 bits per heavy atom. The van der Waals surface area contributed by atoms with Gasteiger partial charge >= 0.3 is 0 Å². The lowest BCUT2D eigenvalue weighted by Crippen LogP contribution is -2.12. The molecule has 0 atom stereocenters. The summed E-state index contributed by atoms with van der Waals surface area (Å²) in [5, 5.41) is 14.0. The predicted molar refractivity (Wildman–Crippen MR) is 91.4 cm³/mol. The number of benzene rings is 2. The molecule has 1 aromatic heterocycles. The van der Waals surface area contributed by atoms with E-state index in [0.29, 0.717) is 22.7 Å². The number of aryl methyl sites for hydroxylation is 1. The van der Waals surface area contributed by atoms with Crippen molar-refractivity contribution >= 4 is 11.6 Å². The van der Waals surface area contributed by atoms with Crippen molar-refractivity contribution in [3.8, 4) is 17.2 Å². The zero-order chi connectivity index (χ0) is 17.8. The Labute approximate surface area is 144 Å². The molecule has 0 bridgehead atoms. The first-order valence-corrected chi connectivity index (χ1v) is 7.49. The van der Waals surface area contributed by atoms with Crippen molar-refractivity contribution in [3.05, 3.63) is 53.9 Å². The second-order valence-corrected chi connectivity index (χ2v) is 5.28. The van der Waals surface area contributed by atoms with Crippen LogP contribution in [0, 0.1) is 6.92 Å². The van der Waals surface area contributed by atoms with Crippen LogP contribution >= 0.6 is 0 Å². The highest BCUT2D eigenvalue weighted by atomic mass is 16.5. The Morgan fingerprint density at radius 1 is 1.08 bits per heavy atom. The number of nitrogens with zero attached hydrogens (tertiary/aromatic N) is 4. The number of hydrogen-bond acceptors (Lipinski definition) is 6. The fraction of sp³-hybridized carbons (Fsp3) is 0.176. The van der Waals surface area contributed by atoms with E-state index < -0.39 is 0 Å². The minimum atomic E-state index is -0.257. The molecule has 0 spiro atoms. The van der Waals surface area contributed by atoms with Gasteiger partial charge in [0.15, 0.2) is 11.5 Å². The van der Waals surface area contributed by atoms with Gasteiger partial charge in [0.05, 0.1) is 19.9 Å². The summed E-state index contributed by atoms with van der Waals surface area (Å²) in [5.74, 6) is 0.802. The van der Waals surface area contributed by atoms with Gasteiger partial charge in [0, 0.05) is 11.3 Å². The molecule has 128 valence electrons. The monoisotopic (exact) mass is 339 g/mol. The molecule has 0 saturated carbocycles. The first kappa shape index (κ1) is 16.4. The van der Waals surface area contributed by atoms with Crippen molar-refractivity contribution in [2.24, 2.45) is 0 Å². The summed E-state index contributed by atoms with van der Waals surface area (Å²) < 4.78 is 12.0. The zero-order valence-corrected chi connectivity index (χ0v) is 14.1. The molecule has 0 aliphatic heterocycles. The number of methoxy groups -OCH3 is 2. The van der Waals surface area contributed by atoms with E-state index >= 15 is 0 Å². The van der Waals surface area contributed by atoms with Gasteiger partial charge in [-0.2, -0.15) is 0 Å². The number of carbonyl (C=O) groups is 1. The third-order valence-corrected chi connectivity index (χ3v) is 3.71. The fourth-order valence-electron chi connectivity index (χ4n) is 2.39. The van der Waals surface area contributed by atoms with Crippen molar-refractivity contribution in [1.29, 1.82) is 0 Å². The maximum absolute atomic E-state index is 12.5. The van der Waals surface area contributed by atoms with Crippen molar-refractivity contribution in [2.75, 3.05) is 19.5 Å². The highest BCUT2D eigenvalue weighted by Gasteiger charge is 2.12. The quantitative estimate of drug-likeness (QED) is 0.766.